The molecule has 0 aliphatic heterocycles. The number of carbonyl (C=O) groups is 1. The van der Waals surface area contributed by atoms with Gasteiger partial charge < -0.3 is 14.2 Å². The minimum Gasteiger partial charge on any atom is -0.493 e. The van der Waals surface area contributed by atoms with Crippen LogP contribution in [0.1, 0.15) is 36.2 Å². The van der Waals surface area contributed by atoms with Crippen molar-refractivity contribution in [1.29, 1.82) is 0 Å². The van der Waals surface area contributed by atoms with Gasteiger partial charge in [0.25, 0.3) is 5.91 Å². The lowest BCUT2D eigenvalue weighted by molar-refractivity contribution is 0.0954. The fraction of sp³-hybridized carbons (Fsp3) is 0.333. The van der Waals surface area contributed by atoms with Gasteiger partial charge in [-0.15, -0.1) is 0 Å². The second-order valence-corrected chi connectivity index (χ2v) is 6.38. The van der Waals surface area contributed by atoms with Gasteiger partial charge in [0.1, 0.15) is 0 Å². The number of hydrogen-bond donors (Lipinski definition) is 1. The summed E-state index contributed by atoms with van der Waals surface area (Å²) in [5.74, 6) is 1.31. The Hall–Kier alpha value is -3.02. The molecule has 6 heteroatoms. The van der Waals surface area contributed by atoms with Gasteiger partial charge in [-0.3, -0.25) is 4.79 Å². The Morgan fingerprint density at radius 2 is 1.56 bits per heavy atom. The Bertz CT molecular complexity index is 776. The quantitative estimate of drug-likeness (QED) is 0.565. The SMILES string of the molecule is COc1cc(C(=O)N/N=C(\CC(C)C)c2ccccc2)cc(OC)c1OC. The second kappa shape index (κ2) is 9.62. The molecule has 0 atom stereocenters. The van der Waals surface area contributed by atoms with E-state index in [1.165, 1.54) is 21.3 Å². The maximum Gasteiger partial charge on any atom is 0.271 e. The summed E-state index contributed by atoms with van der Waals surface area (Å²) >= 11 is 0. The molecule has 1 amide bonds. The number of hydrogen-bond acceptors (Lipinski definition) is 5. The van der Waals surface area contributed by atoms with E-state index in [2.05, 4.69) is 24.4 Å². The fourth-order valence-electron chi connectivity index (χ4n) is 2.64. The first kappa shape index (κ1) is 20.3. The lowest BCUT2D eigenvalue weighted by atomic mass is 10.0. The van der Waals surface area contributed by atoms with Crippen molar-refractivity contribution in [3.63, 3.8) is 0 Å². The second-order valence-electron chi connectivity index (χ2n) is 6.38. The van der Waals surface area contributed by atoms with Gasteiger partial charge in [0.15, 0.2) is 11.5 Å². The third kappa shape index (κ3) is 5.23. The number of benzene rings is 2. The third-order valence-electron chi connectivity index (χ3n) is 3.93. The molecule has 27 heavy (non-hydrogen) atoms. The smallest absolute Gasteiger partial charge is 0.271 e. The van der Waals surface area contributed by atoms with Gasteiger partial charge >= 0.3 is 0 Å². The molecule has 0 radical (unpaired) electrons. The average Bonchev–Trinajstić information content (AvgIpc) is 2.69. The maximum atomic E-state index is 12.6. The topological polar surface area (TPSA) is 69.2 Å². The van der Waals surface area contributed by atoms with E-state index < -0.39 is 0 Å². The van der Waals surface area contributed by atoms with Crippen LogP contribution in [-0.2, 0) is 0 Å². The molecule has 6 nitrogen and oxygen atoms in total. The Kier molecular flexibility index (Phi) is 7.23. The Morgan fingerprint density at radius 3 is 2.04 bits per heavy atom. The first-order valence-corrected chi connectivity index (χ1v) is 8.72. The van der Waals surface area contributed by atoms with Crippen LogP contribution in [0.4, 0.5) is 0 Å². The van der Waals surface area contributed by atoms with E-state index in [9.17, 15) is 4.79 Å². The van der Waals surface area contributed by atoms with Crippen molar-refractivity contribution >= 4 is 11.6 Å². The molecule has 0 aliphatic carbocycles. The highest BCUT2D eigenvalue weighted by atomic mass is 16.5. The van der Waals surface area contributed by atoms with E-state index in [0.29, 0.717) is 28.7 Å². The van der Waals surface area contributed by atoms with Crippen molar-refractivity contribution in [3.05, 3.63) is 53.6 Å². The molecule has 0 spiro atoms. The molecular weight excluding hydrogens is 344 g/mol. The monoisotopic (exact) mass is 370 g/mol. The number of methoxy groups -OCH3 is 3. The van der Waals surface area contributed by atoms with Crippen LogP contribution >= 0.6 is 0 Å². The molecule has 0 unspecified atom stereocenters. The highest BCUT2D eigenvalue weighted by Crippen LogP contribution is 2.38. The summed E-state index contributed by atoms with van der Waals surface area (Å²) in [6.45, 7) is 4.22. The van der Waals surface area contributed by atoms with E-state index in [1.807, 2.05) is 30.3 Å². The summed E-state index contributed by atoms with van der Waals surface area (Å²) in [4.78, 5) is 12.6. The van der Waals surface area contributed by atoms with Gasteiger partial charge in [0.2, 0.25) is 5.75 Å². The van der Waals surface area contributed by atoms with Crippen LogP contribution in [0.5, 0.6) is 17.2 Å². The molecule has 0 bridgehead atoms. The molecule has 0 aliphatic rings. The summed E-state index contributed by atoms with van der Waals surface area (Å²) < 4.78 is 15.9. The first-order valence-electron chi connectivity index (χ1n) is 8.72. The summed E-state index contributed by atoms with van der Waals surface area (Å²) in [6, 6.07) is 13.0. The highest BCUT2D eigenvalue weighted by Gasteiger charge is 2.17. The predicted octanol–water partition coefficient (Wildman–Crippen LogP) is 3.89. The van der Waals surface area contributed by atoms with Crippen molar-refractivity contribution in [1.82, 2.24) is 5.43 Å². The zero-order valence-corrected chi connectivity index (χ0v) is 16.4. The van der Waals surface area contributed by atoms with E-state index in [-0.39, 0.29) is 5.91 Å². The summed E-state index contributed by atoms with van der Waals surface area (Å²) in [6.07, 6.45) is 0.750. The number of hydrazone groups is 1. The van der Waals surface area contributed by atoms with Crippen LogP contribution < -0.4 is 19.6 Å². The van der Waals surface area contributed by atoms with E-state index in [4.69, 9.17) is 14.2 Å². The molecular formula is C21H26N2O4. The molecule has 2 aromatic rings. The van der Waals surface area contributed by atoms with E-state index in [1.54, 1.807) is 12.1 Å². The van der Waals surface area contributed by atoms with Crippen molar-refractivity contribution in [2.75, 3.05) is 21.3 Å². The number of amides is 1. The van der Waals surface area contributed by atoms with Crippen LogP contribution in [0.15, 0.2) is 47.6 Å². The van der Waals surface area contributed by atoms with Gasteiger partial charge in [-0.2, -0.15) is 5.10 Å². The number of nitrogens with zero attached hydrogens (tertiary/aromatic N) is 1. The predicted molar refractivity (Wildman–Crippen MR) is 106 cm³/mol. The van der Waals surface area contributed by atoms with Gasteiger partial charge in [-0.05, 0) is 30.0 Å². The van der Waals surface area contributed by atoms with Gasteiger partial charge in [-0.1, -0.05) is 44.2 Å². The lowest BCUT2D eigenvalue weighted by Gasteiger charge is -2.14. The van der Waals surface area contributed by atoms with Crippen LogP contribution in [0, 0.1) is 5.92 Å². The average molecular weight is 370 g/mol. The molecule has 1 N–H and O–H groups in total. The first-order chi connectivity index (χ1) is 13.0. The Balaban J connectivity index is 2.30. The van der Waals surface area contributed by atoms with Crippen molar-refractivity contribution in [2.45, 2.75) is 20.3 Å². The standard InChI is InChI=1S/C21H26N2O4/c1-14(2)11-17(15-9-7-6-8-10-15)22-23-21(24)16-12-18(25-3)20(27-5)19(13-16)26-4/h6-10,12-14H,11H2,1-5H3,(H,23,24)/b22-17+. The van der Waals surface area contributed by atoms with Gasteiger partial charge in [-0.25, -0.2) is 5.43 Å². The van der Waals surface area contributed by atoms with Crippen LogP contribution in [0.25, 0.3) is 0 Å². The van der Waals surface area contributed by atoms with E-state index in [0.717, 1.165) is 17.7 Å². The lowest BCUT2D eigenvalue weighted by Crippen LogP contribution is -2.21. The zero-order chi connectivity index (χ0) is 19.8. The molecule has 2 rings (SSSR count). The zero-order valence-electron chi connectivity index (χ0n) is 16.4. The van der Waals surface area contributed by atoms with Crippen molar-refractivity contribution in [3.8, 4) is 17.2 Å². The molecule has 0 fully saturated rings. The Labute approximate surface area is 160 Å². The normalized spacial score (nSPS) is 11.3. The maximum absolute atomic E-state index is 12.6. The molecule has 144 valence electrons. The highest BCUT2D eigenvalue weighted by molar-refractivity contribution is 6.02. The summed E-state index contributed by atoms with van der Waals surface area (Å²) in [7, 11) is 4.53. The third-order valence-corrected chi connectivity index (χ3v) is 3.93. The fourth-order valence-corrected chi connectivity index (χ4v) is 2.64. The number of ether oxygens (including phenoxy) is 3. The molecule has 2 aromatic carbocycles. The molecule has 0 saturated heterocycles. The van der Waals surface area contributed by atoms with Crippen LogP contribution in [0.3, 0.4) is 0 Å². The Morgan fingerprint density at radius 1 is 0.963 bits per heavy atom. The minimum absolute atomic E-state index is 0.355. The molecule has 0 saturated carbocycles. The van der Waals surface area contributed by atoms with Crippen molar-refractivity contribution in [2.24, 2.45) is 11.0 Å². The van der Waals surface area contributed by atoms with Crippen molar-refractivity contribution < 1.29 is 19.0 Å². The number of rotatable bonds is 8. The molecule has 0 aromatic heterocycles. The largest absolute Gasteiger partial charge is 0.493 e. The van der Waals surface area contributed by atoms with Gasteiger partial charge in [0, 0.05) is 5.56 Å². The van der Waals surface area contributed by atoms with Gasteiger partial charge in [0.05, 0.1) is 27.0 Å². The van der Waals surface area contributed by atoms with Crippen LogP contribution in [0.2, 0.25) is 0 Å². The van der Waals surface area contributed by atoms with Crippen LogP contribution in [-0.4, -0.2) is 32.9 Å². The minimum atomic E-state index is -0.355. The number of carbonyl (C=O) groups excluding carboxylic acids is 1. The number of nitrogens with one attached hydrogen (secondary N) is 1. The summed E-state index contributed by atoms with van der Waals surface area (Å²) in [5, 5.41) is 4.37. The summed E-state index contributed by atoms with van der Waals surface area (Å²) in [5.41, 5.74) is 4.81. The van der Waals surface area contributed by atoms with E-state index >= 15 is 0 Å². The molecule has 0 heterocycles.